The normalized spacial score (nSPS) is 12.8. The standard InChI is InChI=1S/C22H18F4N2O3S/c23-17-8-12-19(13-9-17)32(30,31)28-18-10-6-15(7-11-18)14-20(29)27-21(22(24,25)26)16-4-2-1-3-5-16/h1-13,21,28H,14H2,(H,27,29). The van der Waals surface area contributed by atoms with E-state index >= 15 is 0 Å². The summed E-state index contributed by atoms with van der Waals surface area (Å²) in [7, 11) is -3.95. The molecule has 0 saturated carbocycles. The van der Waals surface area contributed by atoms with Crippen LogP contribution in [0.25, 0.3) is 0 Å². The molecule has 0 radical (unpaired) electrons. The third kappa shape index (κ3) is 6.07. The Kier molecular flexibility index (Phi) is 6.83. The molecule has 0 bridgehead atoms. The molecule has 0 saturated heterocycles. The smallest absolute Gasteiger partial charge is 0.341 e. The van der Waals surface area contributed by atoms with E-state index in [1.165, 1.54) is 48.5 Å². The molecule has 5 nitrogen and oxygen atoms in total. The molecular weight excluding hydrogens is 448 g/mol. The number of carbonyl (C=O) groups excluding carboxylic acids is 1. The zero-order valence-electron chi connectivity index (χ0n) is 16.4. The first-order chi connectivity index (χ1) is 15.0. The summed E-state index contributed by atoms with van der Waals surface area (Å²) in [5.74, 6) is -1.41. The first kappa shape index (κ1) is 23.3. The van der Waals surface area contributed by atoms with Crippen molar-refractivity contribution in [3.05, 3.63) is 95.8 Å². The molecule has 0 fully saturated rings. The monoisotopic (exact) mass is 466 g/mol. The Balaban J connectivity index is 1.66. The first-order valence-corrected chi connectivity index (χ1v) is 10.8. The van der Waals surface area contributed by atoms with Gasteiger partial charge in [0.05, 0.1) is 11.3 Å². The fourth-order valence-corrected chi connectivity index (χ4v) is 3.97. The van der Waals surface area contributed by atoms with Gasteiger partial charge >= 0.3 is 6.18 Å². The van der Waals surface area contributed by atoms with Crippen LogP contribution in [0.15, 0.2) is 83.8 Å². The number of hydrogen-bond acceptors (Lipinski definition) is 3. The number of sulfonamides is 1. The van der Waals surface area contributed by atoms with Crippen LogP contribution in [0.4, 0.5) is 23.2 Å². The highest BCUT2D eigenvalue weighted by molar-refractivity contribution is 7.92. The lowest BCUT2D eigenvalue weighted by molar-refractivity contribution is -0.163. The molecule has 32 heavy (non-hydrogen) atoms. The molecule has 1 atom stereocenters. The Morgan fingerprint density at radius 2 is 1.47 bits per heavy atom. The van der Waals surface area contributed by atoms with E-state index < -0.39 is 34.0 Å². The topological polar surface area (TPSA) is 75.3 Å². The van der Waals surface area contributed by atoms with Gasteiger partial charge in [-0.25, -0.2) is 12.8 Å². The Hall–Kier alpha value is -3.40. The number of hydrogen-bond donors (Lipinski definition) is 2. The maximum absolute atomic E-state index is 13.4. The van der Waals surface area contributed by atoms with Gasteiger partial charge in [0, 0.05) is 5.69 Å². The third-order valence-corrected chi connectivity index (χ3v) is 5.86. The number of amides is 1. The zero-order valence-corrected chi connectivity index (χ0v) is 17.3. The number of anilines is 1. The number of nitrogens with one attached hydrogen (secondary N) is 2. The molecule has 3 aromatic carbocycles. The predicted molar refractivity (Wildman–Crippen MR) is 111 cm³/mol. The first-order valence-electron chi connectivity index (χ1n) is 9.33. The Morgan fingerprint density at radius 3 is 2.03 bits per heavy atom. The van der Waals surface area contributed by atoms with Crippen molar-refractivity contribution >= 4 is 21.6 Å². The molecule has 1 unspecified atom stereocenters. The molecule has 2 N–H and O–H groups in total. The lowest BCUT2D eigenvalue weighted by Gasteiger charge is -2.22. The summed E-state index contributed by atoms with van der Waals surface area (Å²) < 4.78 is 80.1. The second kappa shape index (κ2) is 9.39. The van der Waals surface area contributed by atoms with Crippen molar-refractivity contribution in [3.8, 4) is 0 Å². The van der Waals surface area contributed by atoms with E-state index in [-0.39, 0.29) is 22.6 Å². The van der Waals surface area contributed by atoms with Crippen molar-refractivity contribution < 1.29 is 30.8 Å². The molecule has 0 aliphatic rings. The van der Waals surface area contributed by atoms with Gasteiger partial charge in [-0.1, -0.05) is 42.5 Å². The van der Waals surface area contributed by atoms with Gasteiger partial charge in [0.15, 0.2) is 6.04 Å². The SMILES string of the molecule is O=C(Cc1ccc(NS(=O)(=O)c2ccc(F)cc2)cc1)NC(c1ccccc1)C(F)(F)F. The van der Waals surface area contributed by atoms with Gasteiger partial charge in [-0.15, -0.1) is 0 Å². The maximum Gasteiger partial charge on any atom is 0.412 e. The highest BCUT2D eigenvalue weighted by Gasteiger charge is 2.41. The molecule has 0 heterocycles. The van der Waals surface area contributed by atoms with Gasteiger partial charge in [0.2, 0.25) is 5.91 Å². The van der Waals surface area contributed by atoms with Crippen molar-refractivity contribution in [2.75, 3.05) is 4.72 Å². The second-order valence-corrected chi connectivity index (χ2v) is 8.57. The van der Waals surface area contributed by atoms with Gasteiger partial charge in [-0.05, 0) is 47.5 Å². The van der Waals surface area contributed by atoms with Crippen LogP contribution in [-0.2, 0) is 21.2 Å². The van der Waals surface area contributed by atoms with E-state index in [1.807, 2.05) is 5.32 Å². The lowest BCUT2D eigenvalue weighted by Crippen LogP contribution is -2.38. The largest absolute Gasteiger partial charge is 0.412 e. The molecule has 3 rings (SSSR count). The minimum Gasteiger partial charge on any atom is -0.341 e. The summed E-state index contributed by atoms with van der Waals surface area (Å²) in [6, 6.07) is 14.7. The van der Waals surface area contributed by atoms with Gasteiger partial charge < -0.3 is 5.32 Å². The molecule has 3 aromatic rings. The van der Waals surface area contributed by atoms with E-state index in [1.54, 1.807) is 6.07 Å². The summed E-state index contributed by atoms with van der Waals surface area (Å²) in [4.78, 5) is 12.1. The van der Waals surface area contributed by atoms with Gasteiger partial charge in [-0.3, -0.25) is 9.52 Å². The summed E-state index contributed by atoms with van der Waals surface area (Å²) in [6.45, 7) is 0. The molecular formula is C22H18F4N2O3S. The van der Waals surface area contributed by atoms with E-state index in [0.717, 1.165) is 24.3 Å². The highest BCUT2D eigenvalue weighted by atomic mass is 32.2. The van der Waals surface area contributed by atoms with Crippen LogP contribution in [0.1, 0.15) is 17.2 Å². The third-order valence-electron chi connectivity index (χ3n) is 4.46. The van der Waals surface area contributed by atoms with Crippen molar-refractivity contribution in [2.45, 2.75) is 23.5 Å². The average Bonchev–Trinajstić information content (AvgIpc) is 2.73. The molecule has 168 valence electrons. The number of rotatable bonds is 7. The van der Waals surface area contributed by atoms with E-state index in [9.17, 15) is 30.8 Å². The van der Waals surface area contributed by atoms with E-state index in [4.69, 9.17) is 0 Å². The minimum atomic E-state index is -4.67. The highest BCUT2D eigenvalue weighted by Crippen LogP contribution is 2.32. The quantitative estimate of drug-likeness (QED) is 0.501. The lowest BCUT2D eigenvalue weighted by atomic mass is 10.1. The fourth-order valence-electron chi connectivity index (χ4n) is 2.92. The van der Waals surface area contributed by atoms with Crippen LogP contribution in [0, 0.1) is 5.82 Å². The minimum absolute atomic E-state index is 0.0844. The van der Waals surface area contributed by atoms with E-state index in [2.05, 4.69) is 4.72 Å². The van der Waals surface area contributed by atoms with Gasteiger partial charge in [0.25, 0.3) is 10.0 Å². The zero-order chi connectivity index (χ0) is 23.4. The summed E-state index contributed by atoms with van der Waals surface area (Å²) in [5, 5.41) is 1.99. The van der Waals surface area contributed by atoms with E-state index in [0.29, 0.717) is 5.56 Å². The van der Waals surface area contributed by atoms with Crippen molar-refractivity contribution in [2.24, 2.45) is 0 Å². The predicted octanol–water partition coefficient (Wildman–Crippen LogP) is 4.59. The summed E-state index contributed by atoms with van der Waals surface area (Å²) in [6.07, 6.45) is -5.00. The Labute approximate surface area is 182 Å². The van der Waals surface area contributed by atoms with Crippen molar-refractivity contribution in [3.63, 3.8) is 0 Å². The van der Waals surface area contributed by atoms with Crippen LogP contribution in [0.2, 0.25) is 0 Å². The molecule has 0 aliphatic heterocycles. The Morgan fingerprint density at radius 1 is 0.875 bits per heavy atom. The van der Waals surface area contributed by atoms with Gasteiger partial charge in [-0.2, -0.15) is 13.2 Å². The van der Waals surface area contributed by atoms with Crippen molar-refractivity contribution in [1.82, 2.24) is 5.32 Å². The fraction of sp³-hybridized carbons (Fsp3) is 0.136. The second-order valence-electron chi connectivity index (χ2n) is 6.89. The molecule has 0 spiro atoms. The van der Waals surface area contributed by atoms with Crippen LogP contribution < -0.4 is 10.0 Å². The van der Waals surface area contributed by atoms with Crippen LogP contribution >= 0.6 is 0 Å². The number of benzene rings is 3. The molecule has 0 aromatic heterocycles. The van der Waals surface area contributed by atoms with Crippen LogP contribution in [-0.4, -0.2) is 20.5 Å². The molecule has 1 amide bonds. The van der Waals surface area contributed by atoms with Crippen LogP contribution in [0.3, 0.4) is 0 Å². The summed E-state index contributed by atoms with van der Waals surface area (Å²) >= 11 is 0. The van der Waals surface area contributed by atoms with Crippen molar-refractivity contribution in [1.29, 1.82) is 0 Å². The number of carbonyl (C=O) groups is 1. The maximum atomic E-state index is 13.4. The summed E-state index contributed by atoms with van der Waals surface area (Å²) in [5.41, 5.74) is 0.482. The molecule has 0 aliphatic carbocycles. The average molecular weight is 466 g/mol. The number of alkyl halides is 3. The van der Waals surface area contributed by atoms with Gasteiger partial charge in [0.1, 0.15) is 5.82 Å². The number of halogens is 4. The Bertz CT molecular complexity index is 1160. The van der Waals surface area contributed by atoms with Crippen LogP contribution in [0.5, 0.6) is 0 Å². The molecule has 10 heteroatoms.